The van der Waals surface area contributed by atoms with Crippen molar-refractivity contribution in [1.82, 2.24) is 9.88 Å². The van der Waals surface area contributed by atoms with Crippen molar-refractivity contribution in [2.24, 2.45) is 0 Å². The summed E-state index contributed by atoms with van der Waals surface area (Å²) in [6.07, 6.45) is 1.08. The molecule has 0 unspecified atom stereocenters. The average molecular weight is 543 g/mol. The van der Waals surface area contributed by atoms with Crippen molar-refractivity contribution in [2.75, 3.05) is 13.7 Å². The summed E-state index contributed by atoms with van der Waals surface area (Å²) in [7, 11) is 1.21. The van der Waals surface area contributed by atoms with E-state index in [4.69, 9.17) is 23.4 Å². The number of hydrogen-bond donors (Lipinski definition) is 0. The maximum Gasteiger partial charge on any atom is 0.425 e. The first-order valence-electron chi connectivity index (χ1n) is 13.1. The molecule has 0 radical (unpaired) electrons. The lowest BCUT2D eigenvalue weighted by atomic mass is 10.2. The van der Waals surface area contributed by atoms with Crippen molar-refractivity contribution in [3.8, 4) is 28.7 Å². The van der Waals surface area contributed by atoms with Gasteiger partial charge in [0.25, 0.3) is 0 Å². The number of aromatic nitrogens is 1. The lowest BCUT2D eigenvalue weighted by molar-refractivity contribution is 0.110. The second-order valence-electron chi connectivity index (χ2n) is 9.35. The van der Waals surface area contributed by atoms with Gasteiger partial charge in [-0.05, 0) is 61.7 Å². The van der Waals surface area contributed by atoms with Crippen LogP contribution in [0.2, 0.25) is 0 Å². The number of methoxy groups -OCH3 is 1. The monoisotopic (exact) mass is 542 g/mol. The molecule has 0 aliphatic heterocycles. The number of hydrogen-bond acceptors (Lipinski definition) is 8. The number of imide groups is 1. The van der Waals surface area contributed by atoms with Crippen molar-refractivity contribution in [3.63, 3.8) is 0 Å². The van der Waals surface area contributed by atoms with Gasteiger partial charge in [0.2, 0.25) is 5.89 Å². The number of aryl methyl sites for hydroxylation is 1. The molecule has 9 nitrogen and oxygen atoms in total. The molecule has 1 fully saturated rings. The highest BCUT2D eigenvalue weighted by Gasteiger charge is 2.26. The molecule has 9 heteroatoms. The quantitative estimate of drug-likeness (QED) is 0.222. The molecule has 0 spiro atoms. The molecule has 1 aromatic heterocycles. The molecule has 0 bridgehead atoms. The fourth-order valence-electron chi connectivity index (χ4n) is 4.01. The molecular weight excluding hydrogens is 512 g/mol. The van der Waals surface area contributed by atoms with Crippen LogP contribution in [0.5, 0.6) is 17.2 Å². The van der Waals surface area contributed by atoms with Gasteiger partial charge in [-0.2, -0.15) is 0 Å². The smallest absolute Gasteiger partial charge is 0.425 e. The Morgan fingerprint density at radius 3 is 2.45 bits per heavy atom. The van der Waals surface area contributed by atoms with Gasteiger partial charge in [-0.3, -0.25) is 0 Å². The maximum absolute atomic E-state index is 12.9. The van der Waals surface area contributed by atoms with Gasteiger partial charge in [0.05, 0.1) is 32.1 Å². The number of oxazole rings is 1. The van der Waals surface area contributed by atoms with Crippen LogP contribution >= 0.6 is 0 Å². The van der Waals surface area contributed by atoms with Crippen LogP contribution in [0.3, 0.4) is 0 Å². The van der Waals surface area contributed by atoms with Crippen LogP contribution in [0, 0.1) is 6.92 Å². The summed E-state index contributed by atoms with van der Waals surface area (Å²) in [5, 5.41) is 0. The highest BCUT2D eigenvalue weighted by Crippen LogP contribution is 2.29. The fraction of sp³-hybridized carbons (Fsp3) is 0.258. The highest BCUT2D eigenvalue weighted by molar-refractivity contribution is 5.88. The second-order valence-corrected chi connectivity index (χ2v) is 9.35. The van der Waals surface area contributed by atoms with Crippen molar-refractivity contribution < 1.29 is 33.0 Å². The summed E-state index contributed by atoms with van der Waals surface area (Å²) in [6, 6.07) is 23.6. The predicted molar refractivity (Wildman–Crippen MR) is 146 cm³/mol. The maximum atomic E-state index is 12.9. The van der Waals surface area contributed by atoms with Crippen molar-refractivity contribution in [2.45, 2.75) is 38.8 Å². The van der Waals surface area contributed by atoms with E-state index in [9.17, 15) is 9.59 Å². The van der Waals surface area contributed by atoms with E-state index in [1.54, 1.807) is 48.5 Å². The largest absolute Gasteiger partial charge is 0.493 e. The Bertz CT molecular complexity index is 1460. The van der Waals surface area contributed by atoms with Gasteiger partial charge >= 0.3 is 12.2 Å². The normalized spacial score (nSPS) is 12.4. The van der Waals surface area contributed by atoms with E-state index in [1.807, 2.05) is 37.3 Å². The Kier molecular flexibility index (Phi) is 8.29. The number of carbonyl (C=O) groups is 2. The minimum Gasteiger partial charge on any atom is -0.493 e. The van der Waals surface area contributed by atoms with Crippen LogP contribution in [0.4, 0.5) is 9.59 Å². The molecule has 4 aromatic rings. The summed E-state index contributed by atoms with van der Waals surface area (Å²) >= 11 is 0. The number of ether oxygens (including phenoxy) is 4. The molecule has 1 heterocycles. The first-order valence-corrected chi connectivity index (χ1v) is 13.1. The van der Waals surface area contributed by atoms with Gasteiger partial charge < -0.3 is 23.4 Å². The third-order valence-electron chi connectivity index (χ3n) is 6.21. The molecule has 0 N–H and O–H groups in total. The molecule has 40 heavy (non-hydrogen) atoms. The van der Waals surface area contributed by atoms with Gasteiger partial charge in [-0.15, -0.1) is 0 Å². The fourth-order valence-corrected chi connectivity index (χ4v) is 4.01. The Morgan fingerprint density at radius 2 is 1.68 bits per heavy atom. The van der Waals surface area contributed by atoms with E-state index in [-0.39, 0.29) is 18.4 Å². The lowest BCUT2D eigenvalue weighted by Gasteiger charge is -2.19. The summed E-state index contributed by atoms with van der Waals surface area (Å²) in [5.41, 5.74) is 2.40. The van der Waals surface area contributed by atoms with E-state index < -0.39 is 12.2 Å². The molecule has 1 saturated carbocycles. The molecule has 2 amide bonds. The molecule has 1 aliphatic carbocycles. The predicted octanol–water partition coefficient (Wildman–Crippen LogP) is 6.58. The van der Waals surface area contributed by atoms with Gasteiger partial charge in [0.15, 0.2) is 0 Å². The summed E-state index contributed by atoms with van der Waals surface area (Å²) < 4.78 is 27.8. The Hall–Kier alpha value is -4.79. The molecule has 5 rings (SSSR count). The average Bonchev–Trinajstić information content (AvgIpc) is 3.71. The Labute approximate surface area is 232 Å². The van der Waals surface area contributed by atoms with Gasteiger partial charge in [0.1, 0.15) is 23.0 Å². The van der Waals surface area contributed by atoms with Crippen LogP contribution in [0.25, 0.3) is 11.5 Å². The zero-order chi connectivity index (χ0) is 27.9. The van der Waals surface area contributed by atoms with E-state index in [0.29, 0.717) is 36.0 Å². The van der Waals surface area contributed by atoms with Gasteiger partial charge in [-0.25, -0.2) is 19.5 Å². The van der Waals surface area contributed by atoms with Crippen LogP contribution in [0.1, 0.15) is 29.9 Å². The molecule has 206 valence electrons. The number of carbonyl (C=O) groups excluding carboxylic acids is 2. The molecule has 3 aromatic carbocycles. The SMILES string of the molecule is COC(=O)N(Cc1cccc(OCCc2nc(-c3ccccc3)oc2C)c1)C(=O)Oc1cccc(OC2CC2)c1. The standard InChI is InChI=1S/C31H30N2O7/c1-21-28(32-29(38-21)23-9-4-3-5-10-23)16-17-37-25-11-6-8-22(18-25)20-33(30(34)36-2)31(35)40-27-13-7-12-26(19-27)39-24-14-15-24/h3-13,18-19,24H,14-17,20H2,1-2H3. The minimum absolute atomic E-state index is 0.0657. The first kappa shape index (κ1) is 26.8. The molecular formula is C31H30N2O7. The zero-order valence-electron chi connectivity index (χ0n) is 22.4. The van der Waals surface area contributed by atoms with Crippen molar-refractivity contribution in [1.29, 1.82) is 0 Å². The first-order chi connectivity index (χ1) is 19.5. The number of rotatable bonds is 10. The van der Waals surface area contributed by atoms with E-state index in [0.717, 1.165) is 34.8 Å². The molecule has 0 saturated heterocycles. The van der Waals surface area contributed by atoms with Crippen LogP contribution in [0.15, 0.2) is 83.3 Å². The van der Waals surface area contributed by atoms with Crippen molar-refractivity contribution in [3.05, 3.63) is 95.9 Å². The number of amides is 2. The Balaban J connectivity index is 1.19. The lowest BCUT2D eigenvalue weighted by Crippen LogP contribution is -2.38. The van der Waals surface area contributed by atoms with Crippen LogP contribution in [-0.2, 0) is 17.7 Å². The minimum atomic E-state index is -0.863. The highest BCUT2D eigenvalue weighted by atomic mass is 16.6. The topological polar surface area (TPSA) is 100 Å². The van der Waals surface area contributed by atoms with Crippen LogP contribution < -0.4 is 14.2 Å². The number of nitrogens with zero attached hydrogens (tertiary/aromatic N) is 2. The van der Waals surface area contributed by atoms with Gasteiger partial charge in [-0.1, -0.05) is 36.4 Å². The third kappa shape index (κ3) is 6.99. The van der Waals surface area contributed by atoms with Crippen LogP contribution in [-0.4, -0.2) is 41.9 Å². The summed E-state index contributed by atoms with van der Waals surface area (Å²) in [4.78, 5) is 30.9. The Morgan fingerprint density at radius 1 is 0.925 bits per heavy atom. The summed E-state index contributed by atoms with van der Waals surface area (Å²) in [5.74, 6) is 2.79. The number of benzene rings is 3. The third-order valence-corrected chi connectivity index (χ3v) is 6.21. The molecule has 1 aliphatic rings. The van der Waals surface area contributed by atoms with E-state index in [1.165, 1.54) is 7.11 Å². The van der Waals surface area contributed by atoms with Crippen molar-refractivity contribution >= 4 is 12.2 Å². The van der Waals surface area contributed by atoms with E-state index in [2.05, 4.69) is 4.98 Å². The van der Waals surface area contributed by atoms with E-state index >= 15 is 0 Å². The zero-order valence-corrected chi connectivity index (χ0v) is 22.4. The second kappa shape index (κ2) is 12.4. The molecule has 0 atom stereocenters. The van der Waals surface area contributed by atoms with Gasteiger partial charge in [0, 0.05) is 18.1 Å². The summed E-state index contributed by atoms with van der Waals surface area (Å²) in [6.45, 7) is 2.18.